The largest absolute Gasteiger partial charge is 0.384 e. The average Bonchev–Trinajstić information content (AvgIpc) is 2.39. The van der Waals surface area contributed by atoms with E-state index in [1.807, 2.05) is 0 Å². The van der Waals surface area contributed by atoms with Crippen LogP contribution in [-0.4, -0.2) is 13.4 Å². The van der Waals surface area contributed by atoms with E-state index in [0.29, 0.717) is 6.07 Å². The molecule has 0 aliphatic rings. The van der Waals surface area contributed by atoms with E-state index in [2.05, 4.69) is 4.98 Å². The Morgan fingerprint density at radius 3 is 2.45 bits per heavy atom. The summed E-state index contributed by atoms with van der Waals surface area (Å²) in [5.74, 6) is -4.87. The van der Waals surface area contributed by atoms with E-state index in [9.17, 15) is 21.6 Å². The van der Waals surface area contributed by atoms with E-state index < -0.39 is 33.2 Å². The average molecular weight is 303 g/mol. The Hall–Kier alpha value is -2.29. The first kappa shape index (κ1) is 14.1. The molecule has 0 saturated carbocycles. The molecule has 0 aliphatic heterocycles. The Labute approximate surface area is 112 Å². The van der Waals surface area contributed by atoms with Gasteiger partial charge in [-0.1, -0.05) is 0 Å². The van der Waals surface area contributed by atoms with Gasteiger partial charge in [-0.25, -0.2) is 26.6 Å². The lowest BCUT2D eigenvalue weighted by Crippen LogP contribution is -2.15. The molecule has 1 heterocycles. The number of sulfonamides is 1. The molecule has 106 valence electrons. The van der Waals surface area contributed by atoms with Gasteiger partial charge in [0.25, 0.3) is 10.0 Å². The highest BCUT2D eigenvalue weighted by molar-refractivity contribution is 7.92. The van der Waals surface area contributed by atoms with Gasteiger partial charge < -0.3 is 5.73 Å². The molecule has 3 N–H and O–H groups in total. The van der Waals surface area contributed by atoms with E-state index in [4.69, 9.17) is 5.73 Å². The van der Waals surface area contributed by atoms with Crippen molar-refractivity contribution in [3.63, 3.8) is 0 Å². The number of nitrogen functional groups attached to an aromatic ring is 1. The summed E-state index contributed by atoms with van der Waals surface area (Å²) in [6.07, 6.45) is 1.14. The van der Waals surface area contributed by atoms with E-state index >= 15 is 0 Å². The number of hydrogen-bond acceptors (Lipinski definition) is 4. The van der Waals surface area contributed by atoms with Crippen LogP contribution in [0.25, 0.3) is 0 Å². The number of benzene rings is 1. The number of anilines is 2. The second-order valence-electron chi connectivity index (χ2n) is 3.74. The molecule has 5 nitrogen and oxygen atoms in total. The lowest BCUT2D eigenvalue weighted by Gasteiger charge is -2.09. The number of nitrogens with two attached hydrogens (primary N) is 1. The van der Waals surface area contributed by atoms with Gasteiger partial charge in [-0.15, -0.1) is 0 Å². The minimum absolute atomic E-state index is 0.0568. The van der Waals surface area contributed by atoms with Crippen LogP contribution in [0.5, 0.6) is 0 Å². The molecule has 0 amide bonds. The normalized spacial score (nSPS) is 11.3. The summed E-state index contributed by atoms with van der Waals surface area (Å²) in [5, 5.41) is 0. The lowest BCUT2D eigenvalue weighted by atomic mass is 10.3. The summed E-state index contributed by atoms with van der Waals surface area (Å²) in [5.41, 5.74) is 4.63. The van der Waals surface area contributed by atoms with Crippen LogP contribution < -0.4 is 10.5 Å². The first-order chi connectivity index (χ1) is 9.31. The summed E-state index contributed by atoms with van der Waals surface area (Å²) in [6, 6.07) is 3.55. The van der Waals surface area contributed by atoms with Gasteiger partial charge in [0.05, 0.1) is 10.6 Å². The van der Waals surface area contributed by atoms with Crippen molar-refractivity contribution in [3.8, 4) is 0 Å². The van der Waals surface area contributed by atoms with Gasteiger partial charge in [0.1, 0.15) is 5.82 Å². The molecule has 0 radical (unpaired) electrons. The summed E-state index contributed by atoms with van der Waals surface area (Å²) in [4.78, 5) is 3.32. The third-order valence-corrected chi connectivity index (χ3v) is 3.71. The zero-order chi connectivity index (χ0) is 14.9. The highest BCUT2D eigenvalue weighted by Gasteiger charge is 2.20. The van der Waals surface area contributed by atoms with E-state index in [0.717, 1.165) is 24.4 Å². The first-order valence-electron chi connectivity index (χ1n) is 5.19. The van der Waals surface area contributed by atoms with Gasteiger partial charge in [-0.3, -0.25) is 4.72 Å². The maximum absolute atomic E-state index is 13.4. The van der Waals surface area contributed by atoms with Crippen LogP contribution in [0.4, 0.5) is 24.7 Å². The van der Waals surface area contributed by atoms with Crippen molar-refractivity contribution >= 4 is 21.5 Å². The number of halogens is 3. The summed E-state index contributed by atoms with van der Waals surface area (Å²) < 4.78 is 64.8. The fourth-order valence-corrected chi connectivity index (χ4v) is 2.48. The van der Waals surface area contributed by atoms with Crippen molar-refractivity contribution in [2.75, 3.05) is 10.5 Å². The number of nitrogens with one attached hydrogen (secondary N) is 1. The second-order valence-corrected chi connectivity index (χ2v) is 5.43. The number of hydrogen-bond donors (Lipinski definition) is 2. The number of pyridine rings is 1. The number of nitrogens with zero attached hydrogens (tertiary/aromatic N) is 1. The van der Waals surface area contributed by atoms with Crippen molar-refractivity contribution < 1.29 is 21.6 Å². The van der Waals surface area contributed by atoms with Gasteiger partial charge in [-0.2, -0.15) is 0 Å². The molecule has 0 saturated heterocycles. The SMILES string of the molecule is Nc1cc(S(=O)(=O)Nc2ccc(F)c(F)c2F)ccn1. The van der Waals surface area contributed by atoms with Crippen LogP contribution in [0.15, 0.2) is 35.4 Å². The highest BCUT2D eigenvalue weighted by atomic mass is 32.2. The predicted octanol–water partition coefficient (Wildman–Crippen LogP) is 1.88. The third kappa shape index (κ3) is 2.67. The molecule has 1 aromatic heterocycles. The van der Waals surface area contributed by atoms with Crippen LogP contribution in [0.2, 0.25) is 0 Å². The van der Waals surface area contributed by atoms with Gasteiger partial charge in [0.2, 0.25) is 0 Å². The molecule has 2 aromatic rings. The third-order valence-electron chi connectivity index (χ3n) is 2.34. The maximum atomic E-state index is 13.4. The van der Waals surface area contributed by atoms with Crippen LogP contribution in [0, 0.1) is 17.5 Å². The summed E-state index contributed by atoms with van der Waals surface area (Å²) in [7, 11) is -4.19. The predicted molar refractivity (Wildman–Crippen MR) is 65.8 cm³/mol. The minimum atomic E-state index is -4.19. The molecule has 0 atom stereocenters. The van der Waals surface area contributed by atoms with Crippen molar-refractivity contribution in [1.82, 2.24) is 4.98 Å². The van der Waals surface area contributed by atoms with Crippen molar-refractivity contribution in [2.45, 2.75) is 4.90 Å². The van der Waals surface area contributed by atoms with Gasteiger partial charge in [0, 0.05) is 12.3 Å². The molecule has 0 aliphatic carbocycles. The molecule has 0 fully saturated rings. The minimum Gasteiger partial charge on any atom is -0.384 e. The lowest BCUT2D eigenvalue weighted by molar-refractivity contribution is 0.449. The second kappa shape index (κ2) is 5.00. The number of aromatic nitrogens is 1. The van der Waals surface area contributed by atoms with E-state index in [-0.39, 0.29) is 10.7 Å². The molecule has 1 aromatic carbocycles. The Balaban J connectivity index is 2.41. The molecule has 9 heteroatoms. The van der Waals surface area contributed by atoms with Gasteiger partial charge in [-0.05, 0) is 18.2 Å². The quantitative estimate of drug-likeness (QED) is 0.848. The monoisotopic (exact) mass is 303 g/mol. The van der Waals surface area contributed by atoms with Crippen LogP contribution >= 0.6 is 0 Å². The van der Waals surface area contributed by atoms with Crippen LogP contribution in [-0.2, 0) is 10.0 Å². The number of rotatable bonds is 3. The summed E-state index contributed by atoms with van der Waals surface area (Å²) in [6.45, 7) is 0. The van der Waals surface area contributed by atoms with Crippen LogP contribution in [0.1, 0.15) is 0 Å². The zero-order valence-corrected chi connectivity index (χ0v) is 10.6. The smallest absolute Gasteiger partial charge is 0.262 e. The summed E-state index contributed by atoms with van der Waals surface area (Å²) >= 11 is 0. The van der Waals surface area contributed by atoms with Gasteiger partial charge >= 0.3 is 0 Å². The Kier molecular flexibility index (Phi) is 3.53. The molecule has 0 unspecified atom stereocenters. The van der Waals surface area contributed by atoms with Crippen molar-refractivity contribution in [1.29, 1.82) is 0 Å². The standard InChI is InChI=1S/C11H8F3N3O2S/c12-7-1-2-8(11(14)10(7)13)17-20(18,19)6-3-4-16-9(15)5-6/h1-5,17H,(H2,15,16). The Morgan fingerprint density at radius 2 is 1.80 bits per heavy atom. The van der Waals surface area contributed by atoms with Crippen molar-refractivity contribution in [2.24, 2.45) is 0 Å². The first-order valence-corrected chi connectivity index (χ1v) is 6.67. The van der Waals surface area contributed by atoms with E-state index in [1.165, 1.54) is 0 Å². The molecule has 0 bridgehead atoms. The zero-order valence-electron chi connectivity index (χ0n) is 9.77. The van der Waals surface area contributed by atoms with E-state index in [1.54, 1.807) is 4.72 Å². The molecule has 2 rings (SSSR count). The molecular formula is C11H8F3N3O2S. The van der Waals surface area contributed by atoms with Crippen LogP contribution in [0.3, 0.4) is 0 Å². The molecule has 0 spiro atoms. The molecule has 20 heavy (non-hydrogen) atoms. The maximum Gasteiger partial charge on any atom is 0.262 e. The topological polar surface area (TPSA) is 85.1 Å². The Bertz CT molecular complexity index is 766. The van der Waals surface area contributed by atoms with Crippen molar-refractivity contribution in [3.05, 3.63) is 47.9 Å². The fourth-order valence-electron chi connectivity index (χ4n) is 1.40. The Morgan fingerprint density at radius 1 is 1.10 bits per heavy atom. The fraction of sp³-hybridized carbons (Fsp3) is 0. The van der Waals surface area contributed by atoms with Gasteiger partial charge in [0.15, 0.2) is 17.5 Å². The highest BCUT2D eigenvalue weighted by Crippen LogP contribution is 2.23. The molecular weight excluding hydrogens is 295 g/mol.